The maximum atomic E-state index is 12.6. The van der Waals surface area contributed by atoms with Gasteiger partial charge in [0.25, 0.3) is 5.91 Å². The summed E-state index contributed by atoms with van der Waals surface area (Å²) in [4.78, 5) is 41.5. The number of anilines is 1. The first kappa shape index (κ1) is 34.2. The SMILES string of the molecule is C/C=C\c1ccc(-c2csc(NC(=O)C(C)NC(=O)c3ccn(CCC)c3)n2)cc1C(C)=O.C=CC.CCCC. The molecule has 0 aliphatic rings. The lowest BCUT2D eigenvalue weighted by atomic mass is 9.99. The Bertz CT molecular complexity index is 1270. The number of hydrogen-bond acceptors (Lipinski definition) is 5. The molecule has 3 aromatic rings. The van der Waals surface area contributed by atoms with Gasteiger partial charge in [0, 0.05) is 35.4 Å². The Balaban J connectivity index is 0.00000103. The van der Waals surface area contributed by atoms with E-state index in [9.17, 15) is 14.4 Å². The van der Waals surface area contributed by atoms with Crippen molar-refractivity contribution in [3.8, 4) is 11.3 Å². The number of carbonyl (C=O) groups is 3. The molecule has 2 heterocycles. The monoisotopic (exact) mass is 564 g/mol. The summed E-state index contributed by atoms with van der Waals surface area (Å²) in [6.45, 7) is 17.6. The van der Waals surface area contributed by atoms with E-state index in [0.29, 0.717) is 22.0 Å². The van der Waals surface area contributed by atoms with Crippen LogP contribution in [0.3, 0.4) is 0 Å². The van der Waals surface area contributed by atoms with Gasteiger partial charge in [-0.1, -0.05) is 64.0 Å². The zero-order valence-electron chi connectivity index (χ0n) is 24.9. The number of nitrogens with one attached hydrogen (secondary N) is 2. The Kier molecular flexibility index (Phi) is 15.8. The van der Waals surface area contributed by atoms with Gasteiger partial charge in [0.2, 0.25) is 5.91 Å². The number of nitrogens with zero attached hydrogens (tertiary/aromatic N) is 2. The molecule has 0 saturated heterocycles. The van der Waals surface area contributed by atoms with Gasteiger partial charge in [0.15, 0.2) is 10.9 Å². The molecule has 216 valence electrons. The molecule has 0 bridgehead atoms. The molecule has 0 fully saturated rings. The summed E-state index contributed by atoms with van der Waals surface area (Å²) in [5.41, 5.74) is 3.45. The number of hydrogen-bond donors (Lipinski definition) is 2. The molecule has 0 saturated carbocycles. The van der Waals surface area contributed by atoms with Crippen molar-refractivity contribution in [2.45, 2.75) is 80.3 Å². The van der Waals surface area contributed by atoms with Crippen LogP contribution in [0.1, 0.15) is 94.0 Å². The number of aromatic nitrogens is 2. The van der Waals surface area contributed by atoms with Crippen LogP contribution in [0.2, 0.25) is 0 Å². The van der Waals surface area contributed by atoms with E-state index in [1.807, 2.05) is 60.3 Å². The second-order valence-corrected chi connectivity index (χ2v) is 9.98. The van der Waals surface area contributed by atoms with Gasteiger partial charge in [-0.3, -0.25) is 14.4 Å². The van der Waals surface area contributed by atoms with Crippen LogP contribution in [0.5, 0.6) is 0 Å². The van der Waals surface area contributed by atoms with Crippen LogP contribution in [0.15, 0.2) is 60.8 Å². The zero-order valence-corrected chi connectivity index (χ0v) is 25.7. The van der Waals surface area contributed by atoms with Crippen LogP contribution in [-0.2, 0) is 11.3 Å². The molecule has 3 rings (SSSR count). The average Bonchev–Trinajstić information content (AvgIpc) is 3.60. The minimum Gasteiger partial charge on any atom is -0.353 e. The highest BCUT2D eigenvalue weighted by Gasteiger charge is 2.19. The van der Waals surface area contributed by atoms with Crippen molar-refractivity contribution in [3.05, 3.63) is 77.5 Å². The summed E-state index contributed by atoms with van der Waals surface area (Å²) in [6, 6.07) is 6.60. The van der Waals surface area contributed by atoms with E-state index >= 15 is 0 Å². The maximum Gasteiger partial charge on any atom is 0.253 e. The molecule has 1 aromatic carbocycles. The Hall–Kier alpha value is -3.78. The summed E-state index contributed by atoms with van der Waals surface area (Å²) in [6.07, 6.45) is 12.8. The van der Waals surface area contributed by atoms with Crippen molar-refractivity contribution < 1.29 is 14.4 Å². The number of allylic oxidation sites excluding steroid dienone is 2. The fraction of sp³-hybridized carbons (Fsp3) is 0.375. The number of ketones is 1. The van der Waals surface area contributed by atoms with Gasteiger partial charge in [0.05, 0.1) is 11.3 Å². The van der Waals surface area contributed by atoms with E-state index in [-0.39, 0.29) is 17.6 Å². The minimum atomic E-state index is -0.733. The van der Waals surface area contributed by atoms with Gasteiger partial charge < -0.3 is 15.2 Å². The van der Waals surface area contributed by atoms with Crippen molar-refractivity contribution in [1.29, 1.82) is 0 Å². The first-order valence-corrected chi connectivity index (χ1v) is 14.6. The number of thiazole rings is 1. The number of unbranched alkanes of at least 4 members (excludes halogenated alkanes) is 1. The predicted molar refractivity (Wildman–Crippen MR) is 169 cm³/mol. The maximum absolute atomic E-state index is 12.6. The molecule has 40 heavy (non-hydrogen) atoms. The van der Waals surface area contributed by atoms with Crippen LogP contribution in [0, 0.1) is 0 Å². The van der Waals surface area contributed by atoms with Crippen LogP contribution < -0.4 is 10.6 Å². The van der Waals surface area contributed by atoms with Gasteiger partial charge in [-0.05, 0) is 51.8 Å². The van der Waals surface area contributed by atoms with Crippen LogP contribution in [0.4, 0.5) is 5.13 Å². The van der Waals surface area contributed by atoms with E-state index in [0.717, 1.165) is 24.1 Å². The molecule has 0 aliphatic carbocycles. The molecule has 1 unspecified atom stereocenters. The Morgan fingerprint density at radius 2 is 1.77 bits per heavy atom. The van der Waals surface area contributed by atoms with Crippen molar-refractivity contribution in [1.82, 2.24) is 14.9 Å². The lowest BCUT2D eigenvalue weighted by Crippen LogP contribution is -2.41. The number of amides is 2. The molecular weight excluding hydrogens is 520 g/mol. The Morgan fingerprint density at radius 3 is 2.35 bits per heavy atom. The molecule has 0 spiro atoms. The van der Waals surface area contributed by atoms with E-state index in [1.165, 1.54) is 31.1 Å². The van der Waals surface area contributed by atoms with Crippen molar-refractivity contribution in [3.63, 3.8) is 0 Å². The molecular formula is C32H44N4O3S. The van der Waals surface area contributed by atoms with E-state index < -0.39 is 6.04 Å². The third-order valence-corrected chi connectivity index (χ3v) is 6.30. The van der Waals surface area contributed by atoms with Crippen molar-refractivity contribution in [2.75, 3.05) is 5.32 Å². The van der Waals surface area contributed by atoms with Crippen LogP contribution >= 0.6 is 11.3 Å². The van der Waals surface area contributed by atoms with Gasteiger partial charge in [-0.15, -0.1) is 17.9 Å². The number of benzene rings is 1. The van der Waals surface area contributed by atoms with Crippen molar-refractivity contribution in [2.24, 2.45) is 0 Å². The molecule has 7 nitrogen and oxygen atoms in total. The molecule has 2 amide bonds. The highest BCUT2D eigenvalue weighted by Crippen LogP contribution is 2.27. The van der Waals surface area contributed by atoms with Gasteiger partial charge >= 0.3 is 0 Å². The summed E-state index contributed by atoms with van der Waals surface area (Å²) >= 11 is 1.28. The zero-order chi connectivity index (χ0) is 30.1. The topological polar surface area (TPSA) is 93.1 Å². The highest BCUT2D eigenvalue weighted by atomic mass is 32.1. The first-order valence-electron chi connectivity index (χ1n) is 13.7. The van der Waals surface area contributed by atoms with E-state index in [4.69, 9.17) is 0 Å². The summed E-state index contributed by atoms with van der Waals surface area (Å²) < 4.78 is 1.94. The number of carbonyl (C=O) groups excluding carboxylic acids is 3. The smallest absolute Gasteiger partial charge is 0.253 e. The molecule has 0 aliphatic heterocycles. The Labute approximate surface area is 243 Å². The summed E-state index contributed by atoms with van der Waals surface area (Å²) in [5.74, 6) is -0.682. The Morgan fingerprint density at radius 1 is 1.10 bits per heavy atom. The van der Waals surface area contributed by atoms with Crippen LogP contribution in [0.25, 0.3) is 17.3 Å². The lowest BCUT2D eigenvalue weighted by Gasteiger charge is -2.12. The normalized spacial score (nSPS) is 11.0. The molecule has 8 heteroatoms. The summed E-state index contributed by atoms with van der Waals surface area (Å²) in [7, 11) is 0. The predicted octanol–water partition coefficient (Wildman–Crippen LogP) is 8.01. The highest BCUT2D eigenvalue weighted by molar-refractivity contribution is 7.14. The number of rotatable bonds is 10. The molecule has 2 aromatic heterocycles. The third-order valence-electron chi connectivity index (χ3n) is 5.54. The lowest BCUT2D eigenvalue weighted by molar-refractivity contribution is -0.117. The molecule has 1 atom stereocenters. The van der Waals surface area contributed by atoms with Gasteiger partial charge in [-0.2, -0.15) is 0 Å². The molecule has 2 N–H and O–H groups in total. The standard InChI is InChI=1S/C25H28N4O3S.C4H10.C3H6/c1-5-7-18-8-9-19(13-21(18)17(4)30)22-15-33-25(27-22)28-23(31)16(3)26-24(32)20-10-12-29(14-20)11-6-2;1-3-4-2;1-3-2/h5,7-10,12-16H,6,11H2,1-4H3,(H,26,32)(H,27,28,31);3-4H2,1-2H3;3H,1H2,2H3/b7-5-;;. The fourth-order valence-corrected chi connectivity index (χ4v) is 4.06. The van der Waals surface area contributed by atoms with E-state index in [2.05, 4.69) is 43.0 Å². The van der Waals surface area contributed by atoms with Gasteiger partial charge in [-0.25, -0.2) is 4.98 Å². The second kappa shape index (κ2) is 18.5. The van der Waals surface area contributed by atoms with E-state index in [1.54, 1.807) is 25.3 Å². The second-order valence-electron chi connectivity index (χ2n) is 9.13. The average molecular weight is 565 g/mol. The largest absolute Gasteiger partial charge is 0.353 e. The fourth-order valence-electron chi connectivity index (χ4n) is 3.34. The van der Waals surface area contributed by atoms with Crippen LogP contribution in [-0.4, -0.2) is 33.2 Å². The molecule has 0 radical (unpaired) electrons. The summed E-state index contributed by atoms with van der Waals surface area (Å²) in [5, 5.41) is 7.72. The number of aryl methyl sites for hydroxylation is 1. The first-order chi connectivity index (χ1) is 19.1. The number of Topliss-reactive ketones (excluding diaryl/α,β-unsaturated/α-hetero) is 1. The minimum absolute atomic E-state index is 0.0247. The van der Waals surface area contributed by atoms with Crippen molar-refractivity contribution >= 4 is 40.1 Å². The quantitative estimate of drug-likeness (QED) is 0.193. The van der Waals surface area contributed by atoms with Gasteiger partial charge in [0.1, 0.15) is 6.04 Å². The third kappa shape index (κ3) is 11.1.